The number of hydrogen-bond donors (Lipinski definition) is 1. The van der Waals surface area contributed by atoms with Gasteiger partial charge in [0.25, 0.3) is 0 Å². The molecule has 1 aliphatic heterocycles. The molecule has 2 fully saturated rings. The van der Waals surface area contributed by atoms with Gasteiger partial charge in [-0.3, -0.25) is 0 Å². The fourth-order valence-corrected chi connectivity index (χ4v) is 3.63. The Labute approximate surface area is 107 Å². The summed E-state index contributed by atoms with van der Waals surface area (Å²) in [7, 11) is 0. The maximum atomic E-state index is 3.68. The molecule has 0 aromatic carbocycles. The van der Waals surface area contributed by atoms with E-state index in [0.29, 0.717) is 0 Å². The van der Waals surface area contributed by atoms with E-state index in [1.54, 1.807) is 0 Å². The van der Waals surface area contributed by atoms with E-state index in [1.807, 2.05) is 0 Å². The average Bonchev–Trinajstić information content (AvgIpc) is 2.72. The maximum absolute atomic E-state index is 3.68. The first kappa shape index (κ1) is 13.4. The largest absolute Gasteiger partial charge is 0.314 e. The number of likely N-dealkylation sites (tertiary alicyclic amines) is 1. The monoisotopic (exact) mass is 238 g/mol. The molecule has 1 N–H and O–H groups in total. The van der Waals surface area contributed by atoms with E-state index in [-0.39, 0.29) is 0 Å². The fourth-order valence-electron chi connectivity index (χ4n) is 3.63. The second-order valence-corrected chi connectivity index (χ2v) is 6.36. The van der Waals surface area contributed by atoms with Gasteiger partial charge in [0.2, 0.25) is 0 Å². The highest BCUT2D eigenvalue weighted by Crippen LogP contribution is 2.29. The van der Waals surface area contributed by atoms with Crippen molar-refractivity contribution in [2.75, 3.05) is 26.2 Å². The molecule has 0 amide bonds. The van der Waals surface area contributed by atoms with Gasteiger partial charge in [-0.25, -0.2) is 0 Å². The summed E-state index contributed by atoms with van der Waals surface area (Å²) < 4.78 is 0. The van der Waals surface area contributed by atoms with Crippen LogP contribution in [-0.2, 0) is 0 Å². The summed E-state index contributed by atoms with van der Waals surface area (Å²) in [6, 6.07) is 0.801. The van der Waals surface area contributed by atoms with Crippen LogP contribution >= 0.6 is 0 Å². The van der Waals surface area contributed by atoms with Crippen LogP contribution in [0, 0.1) is 17.8 Å². The minimum Gasteiger partial charge on any atom is -0.314 e. The first-order chi connectivity index (χ1) is 8.20. The Balaban J connectivity index is 1.80. The zero-order chi connectivity index (χ0) is 12.3. The van der Waals surface area contributed by atoms with Crippen LogP contribution in [0.2, 0.25) is 0 Å². The summed E-state index contributed by atoms with van der Waals surface area (Å²) in [6.45, 7) is 12.2. The molecule has 100 valence electrons. The van der Waals surface area contributed by atoms with Gasteiger partial charge in [0, 0.05) is 19.1 Å². The zero-order valence-electron chi connectivity index (χ0n) is 11.9. The highest BCUT2D eigenvalue weighted by Gasteiger charge is 2.30. The van der Waals surface area contributed by atoms with Crippen LogP contribution in [-0.4, -0.2) is 37.1 Å². The van der Waals surface area contributed by atoms with Gasteiger partial charge in [0.15, 0.2) is 0 Å². The second-order valence-electron chi connectivity index (χ2n) is 6.36. The van der Waals surface area contributed by atoms with E-state index in [4.69, 9.17) is 0 Å². The third-order valence-electron chi connectivity index (χ3n) is 5.04. The van der Waals surface area contributed by atoms with Crippen molar-refractivity contribution in [2.24, 2.45) is 17.8 Å². The predicted molar refractivity (Wildman–Crippen MR) is 74.2 cm³/mol. The molecule has 4 unspecified atom stereocenters. The Kier molecular flexibility index (Phi) is 4.87. The second kappa shape index (κ2) is 6.19. The van der Waals surface area contributed by atoms with Crippen molar-refractivity contribution in [3.63, 3.8) is 0 Å². The van der Waals surface area contributed by atoms with E-state index in [0.717, 1.165) is 30.3 Å². The minimum absolute atomic E-state index is 0.801. The van der Waals surface area contributed by atoms with Crippen LogP contribution in [0.5, 0.6) is 0 Å². The summed E-state index contributed by atoms with van der Waals surface area (Å²) in [5.41, 5.74) is 0. The molecule has 4 atom stereocenters. The van der Waals surface area contributed by atoms with Gasteiger partial charge in [-0.2, -0.15) is 0 Å². The highest BCUT2D eigenvalue weighted by atomic mass is 15.1. The Morgan fingerprint density at radius 3 is 2.65 bits per heavy atom. The lowest BCUT2D eigenvalue weighted by Crippen LogP contribution is -2.44. The van der Waals surface area contributed by atoms with Crippen molar-refractivity contribution in [2.45, 2.75) is 52.5 Å². The van der Waals surface area contributed by atoms with Gasteiger partial charge in [-0.15, -0.1) is 0 Å². The van der Waals surface area contributed by atoms with Crippen molar-refractivity contribution >= 4 is 0 Å². The smallest absolute Gasteiger partial charge is 0.0107 e. The molecular formula is C15H30N2. The first-order valence-electron chi connectivity index (χ1n) is 7.66. The molecule has 2 nitrogen and oxygen atoms in total. The van der Waals surface area contributed by atoms with E-state index >= 15 is 0 Å². The van der Waals surface area contributed by atoms with Gasteiger partial charge in [-0.1, -0.05) is 27.2 Å². The summed E-state index contributed by atoms with van der Waals surface area (Å²) >= 11 is 0. The molecular weight excluding hydrogens is 208 g/mol. The van der Waals surface area contributed by atoms with Crippen LogP contribution in [0.25, 0.3) is 0 Å². The highest BCUT2D eigenvalue weighted by molar-refractivity contribution is 4.86. The molecule has 0 bridgehead atoms. The third kappa shape index (κ3) is 3.45. The Morgan fingerprint density at radius 2 is 1.94 bits per heavy atom. The zero-order valence-corrected chi connectivity index (χ0v) is 11.9. The van der Waals surface area contributed by atoms with Crippen LogP contribution in [0.3, 0.4) is 0 Å². The molecule has 2 rings (SSSR count). The third-order valence-corrected chi connectivity index (χ3v) is 5.04. The van der Waals surface area contributed by atoms with E-state index in [1.165, 1.54) is 45.3 Å². The lowest BCUT2D eigenvalue weighted by Gasteiger charge is -2.37. The number of nitrogens with one attached hydrogen (secondary N) is 1. The van der Waals surface area contributed by atoms with Gasteiger partial charge < -0.3 is 10.2 Å². The van der Waals surface area contributed by atoms with E-state index in [9.17, 15) is 0 Å². The molecule has 17 heavy (non-hydrogen) atoms. The van der Waals surface area contributed by atoms with Crippen LogP contribution < -0.4 is 5.32 Å². The van der Waals surface area contributed by atoms with Crippen molar-refractivity contribution in [1.82, 2.24) is 10.2 Å². The fraction of sp³-hybridized carbons (Fsp3) is 1.00. The van der Waals surface area contributed by atoms with Crippen LogP contribution in [0.4, 0.5) is 0 Å². The normalized spacial score (nSPS) is 39.7. The quantitative estimate of drug-likeness (QED) is 0.810. The lowest BCUT2D eigenvalue weighted by molar-refractivity contribution is 0.115. The Hall–Kier alpha value is -0.0800. The van der Waals surface area contributed by atoms with Gasteiger partial charge in [0.05, 0.1) is 0 Å². The molecule has 1 saturated carbocycles. The molecule has 0 aromatic rings. The lowest BCUT2D eigenvalue weighted by atomic mass is 9.88. The topological polar surface area (TPSA) is 15.3 Å². The van der Waals surface area contributed by atoms with Crippen molar-refractivity contribution in [3.8, 4) is 0 Å². The molecule has 1 heterocycles. The summed E-state index contributed by atoms with van der Waals surface area (Å²) in [5.74, 6) is 2.73. The molecule has 1 aliphatic carbocycles. The molecule has 1 saturated heterocycles. The van der Waals surface area contributed by atoms with Crippen molar-refractivity contribution in [1.29, 1.82) is 0 Å². The summed E-state index contributed by atoms with van der Waals surface area (Å²) in [6.07, 6.45) is 5.68. The predicted octanol–water partition coefficient (Wildman–Crippen LogP) is 2.74. The van der Waals surface area contributed by atoms with Crippen LogP contribution in [0.15, 0.2) is 0 Å². The molecule has 0 radical (unpaired) electrons. The summed E-state index contributed by atoms with van der Waals surface area (Å²) in [4.78, 5) is 2.73. The molecule has 2 heteroatoms. The number of rotatable bonds is 4. The van der Waals surface area contributed by atoms with Gasteiger partial charge >= 0.3 is 0 Å². The number of hydrogen-bond acceptors (Lipinski definition) is 2. The SMILES string of the molecule is CCNC1CCCC1CN1CCC(C)C(C)C1. The van der Waals surface area contributed by atoms with E-state index < -0.39 is 0 Å². The first-order valence-corrected chi connectivity index (χ1v) is 7.66. The molecule has 0 aromatic heterocycles. The van der Waals surface area contributed by atoms with Crippen molar-refractivity contribution < 1.29 is 0 Å². The maximum Gasteiger partial charge on any atom is 0.0107 e. The van der Waals surface area contributed by atoms with Crippen molar-refractivity contribution in [3.05, 3.63) is 0 Å². The van der Waals surface area contributed by atoms with Gasteiger partial charge in [0.1, 0.15) is 0 Å². The van der Waals surface area contributed by atoms with Gasteiger partial charge in [-0.05, 0) is 50.1 Å². The number of nitrogens with zero attached hydrogens (tertiary/aromatic N) is 1. The van der Waals surface area contributed by atoms with Crippen LogP contribution in [0.1, 0.15) is 46.5 Å². The average molecular weight is 238 g/mol. The Morgan fingerprint density at radius 1 is 1.12 bits per heavy atom. The summed E-state index contributed by atoms with van der Waals surface area (Å²) in [5, 5.41) is 3.68. The molecule has 0 spiro atoms. The minimum atomic E-state index is 0.801. The number of piperidine rings is 1. The molecule has 2 aliphatic rings. The standard InChI is InChI=1S/C15H30N2/c1-4-16-15-7-5-6-14(15)11-17-9-8-12(2)13(3)10-17/h12-16H,4-11H2,1-3H3. The Bertz CT molecular complexity index is 229. The van der Waals surface area contributed by atoms with E-state index in [2.05, 4.69) is 31.0 Å².